The van der Waals surface area contributed by atoms with E-state index in [2.05, 4.69) is 29.3 Å². The molecule has 0 saturated carbocycles. The summed E-state index contributed by atoms with van der Waals surface area (Å²) in [6, 6.07) is 12.7. The number of rotatable bonds is 4. The van der Waals surface area contributed by atoms with E-state index in [1.807, 2.05) is 42.8 Å². The third-order valence-corrected chi connectivity index (χ3v) is 5.14. The summed E-state index contributed by atoms with van der Waals surface area (Å²) in [6.07, 6.45) is 3.94. The summed E-state index contributed by atoms with van der Waals surface area (Å²) in [7, 11) is 1.91. The average Bonchev–Trinajstić information content (AvgIpc) is 2.91. The molecule has 1 fully saturated rings. The van der Waals surface area contributed by atoms with Crippen LogP contribution in [0.15, 0.2) is 36.4 Å². The van der Waals surface area contributed by atoms with Crippen molar-refractivity contribution in [1.29, 1.82) is 0 Å². The Kier molecular flexibility index (Phi) is 5.05. The smallest absolute Gasteiger partial charge is 0.272 e. The van der Waals surface area contributed by atoms with E-state index in [4.69, 9.17) is 0 Å². The Balaban J connectivity index is 1.62. The number of nitrogens with zero attached hydrogens (tertiary/aromatic N) is 2. The summed E-state index contributed by atoms with van der Waals surface area (Å²) in [5.41, 5.74) is 3.90. The molecule has 1 N–H and O–H groups in total. The van der Waals surface area contributed by atoms with Crippen LogP contribution in [0.4, 0.5) is 5.69 Å². The standard InChI is InChI=1S/C20H27N3O/c1-15-7-12-19(22(15)3)20(24)21-18-10-8-17(9-11-18)14-23-13-5-4-6-16(23)2/h7-12,16H,4-6,13-14H2,1-3H3,(H,21,24). The molecule has 0 aliphatic carbocycles. The molecule has 1 aromatic carbocycles. The third-order valence-electron chi connectivity index (χ3n) is 5.14. The molecule has 0 radical (unpaired) electrons. The zero-order valence-corrected chi connectivity index (χ0v) is 14.9. The Morgan fingerprint density at radius 3 is 2.54 bits per heavy atom. The number of piperidine rings is 1. The van der Waals surface area contributed by atoms with Gasteiger partial charge in [-0.2, -0.15) is 0 Å². The second kappa shape index (κ2) is 7.22. The zero-order chi connectivity index (χ0) is 17.1. The number of aromatic nitrogens is 1. The van der Waals surface area contributed by atoms with Crippen LogP contribution in [-0.4, -0.2) is 28.0 Å². The quantitative estimate of drug-likeness (QED) is 0.924. The molecule has 2 aromatic rings. The van der Waals surface area contributed by atoms with Crippen LogP contribution in [0.25, 0.3) is 0 Å². The molecule has 1 atom stereocenters. The highest BCUT2D eigenvalue weighted by Gasteiger charge is 2.18. The van der Waals surface area contributed by atoms with Gasteiger partial charge >= 0.3 is 0 Å². The lowest BCUT2D eigenvalue weighted by atomic mass is 10.0. The van der Waals surface area contributed by atoms with E-state index in [9.17, 15) is 4.79 Å². The first kappa shape index (κ1) is 16.8. The van der Waals surface area contributed by atoms with Crippen molar-refractivity contribution in [2.75, 3.05) is 11.9 Å². The van der Waals surface area contributed by atoms with Crippen molar-refractivity contribution < 1.29 is 4.79 Å². The first-order chi connectivity index (χ1) is 11.5. The number of amides is 1. The fraction of sp³-hybridized carbons (Fsp3) is 0.450. The van der Waals surface area contributed by atoms with Crippen molar-refractivity contribution in [3.05, 3.63) is 53.3 Å². The molecule has 2 heterocycles. The lowest BCUT2D eigenvalue weighted by molar-refractivity contribution is 0.101. The molecule has 1 aliphatic rings. The van der Waals surface area contributed by atoms with Gasteiger partial charge in [0.1, 0.15) is 5.69 Å². The molecule has 1 aromatic heterocycles. The second-order valence-electron chi connectivity index (χ2n) is 6.89. The van der Waals surface area contributed by atoms with Gasteiger partial charge in [-0.15, -0.1) is 0 Å². The minimum atomic E-state index is -0.0667. The van der Waals surface area contributed by atoms with Crippen molar-refractivity contribution in [2.45, 2.75) is 45.7 Å². The maximum absolute atomic E-state index is 12.4. The Hall–Kier alpha value is -2.07. The van der Waals surface area contributed by atoms with E-state index in [-0.39, 0.29) is 5.91 Å². The number of carbonyl (C=O) groups excluding carboxylic acids is 1. The fourth-order valence-corrected chi connectivity index (χ4v) is 3.36. The van der Waals surface area contributed by atoms with E-state index in [1.54, 1.807) is 0 Å². The van der Waals surface area contributed by atoms with E-state index in [0.717, 1.165) is 17.9 Å². The van der Waals surface area contributed by atoms with E-state index in [1.165, 1.54) is 31.4 Å². The second-order valence-corrected chi connectivity index (χ2v) is 6.89. The number of aryl methyl sites for hydroxylation is 1. The van der Waals surface area contributed by atoms with Gasteiger partial charge in [0, 0.05) is 31.0 Å². The van der Waals surface area contributed by atoms with Gasteiger partial charge in [0.2, 0.25) is 0 Å². The molecule has 3 rings (SSSR count). The molecule has 1 unspecified atom stereocenters. The largest absolute Gasteiger partial charge is 0.344 e. The lowest BCUT2D eigenvalue weighted by Gasteiger charge is -2.33. The monoisotopic (exact) mass is 325 g/mol. The highest BCUT2D eigenvalue weighted by Crippen LogP contribution is 2.20. The average molecular weight is 325 g/mol. The maximum atomic E-state index is 12.4. The molecule has 24 heavy (non-hydrogen) atoms. The number of anilines is 1. The predicted octanol–water partition coefficient (Wildman–Crippen LogP) is 3.96. The number of likely N-dealkylation sites (tertiary alicyclic amines) is 1. The minimum Gasteiger partial charge on any atom is -0.344 e. The zero-order valence-electron chi connectivity index (χ0n) is 14.9. The number of benzene rings is 1. The third kappa shape index (κ3) is 3.70. The van der Waals surface area contributed by atoms with Crippen molar-refractivity contribution >= 4 is 11.6 Å². The van der Waals surface area contributed by atoms with Gasteiger partial charge in [0.25, 0.3) is 5.91 Å². The summed E-state index contributed by atoms with van der Waals surface area (Å²) in [5.74, 6) is -0.0667. The summed E-state index contributed by atoms with van der Waals surface area (Å²) in [5, 5.41) is 2.98. The van der Waals surface area contributed by atoms with Gasteiger partial charge in [-0.3, -0.25) is 9.69 Å². The Bertz CT molecular complexity index is 702. The van der Waals surface area contributed by atoms with Gasteiger partial charge in [-0.05, 0) is 63.1 Å². The van der Waals surface area contributed by atoms with Crippen LogP contribution in [0, 0.1) is 6.92 Å². The van der Waals surface area contributed by atoms with Gasteiger partial charge in [0.15, 0.2) is 0 Å². The van der Waals surface area contributed by atoms with Crippen LogP contribution in [0.5, 0.6) is 0 Å². The molecule has 128 valence electrons. The maximum Gasteiger partial charge on any atom is 0.272 e. The van der Waals surface area contributed by atoms with Crippen LogP contribution in [0.2, 0.25) is 0 Å². The van der Waals surface area contributed by atoms with Crippen LogP contribution in [0.3, 0.4) is 0 Å². The van der Waals surface area contributed by atoms with Crippen LogP contribution in [0.1, 0.15) is 47.9 Å². The topological polar surface area (TPSA) is 37.3 Å². The van der Waals surface area contributed by atoms with Crippen molar-refractivity contribution in [3.63, 3.8) is 0 Å². The van der Waals surface area contributed by atoms with Gasteiger partial charge < -0.3 is 9.88 Å². The van der Waals surface area contributed by atoms with Crippen LogP contribution in [-0.2, 0) is 13.6 Å². The molecular formula is C20H27N3O. The Labute approximate surface area is 144 Å². The van der Waals surface area contributed by atoms with Gasteiger partial charge in [-0.25, -0.2) is 0 Å². The molecule has 4 nitrogen and oxygen atoms in total. The molecule has 4 heteroatoms. The van der Waals surface area contributed by atoms with Crippen LogP contribution >= 0.6 is 0 Å². The Morgan fingerprint density at radius 2 is 1.92 bits per heavy atom. The highest BCUT2D eigenvalue weighted by atomic mass is 16.1. The summed E-state index contributed by atoms with van der Waals surface area (Å²) in [6.45, 7) is 6.49. The van der Waals surface area contributed by atoms with Crippen molar-refractivity contribution in [1.82, 2.24) is 9.47 Å². The van der Waals surface area contributed by atoms with Crippen molar-refractivity contribution in [2.24, 2.45) is 7.05 Å². The molecular weight excluding hydrogens is 298 g/mol. The number of nitrogens with one attached hydrogen (secondary N) is 1. The predicted molar refractivity (Wildman–Crippen MR) is 98.3 cm³/mol. The SMILES string of the molecule is Cc1ccc(C(=O)Nc2ccc(CN3CCCCC3C)cc2)n1C. The van der Waals surface area contributed by atoms with Crippen LogP contribution < -0.4 is 5.32 Å². The summed E-state index contributed by atoms with van der Waals surface area (Å²) in [4.78, 5) is 14.9. The lowest BCUT2D eigenvalue weighted by Crippen LogP contribution is -2.36. The molecule has 1 aliphatic heterocycles. The fourth-order valence-electron chi connectivity index (χ4n) is 3.36. The van der Waals surface area contributed by atoms with Gasteiger partial charge in [0.05, 0.1) is 0 Å². The number of hydrogen-bond acceptors (Lipinski definition) is 2. The molecule has 1 amide bonds. The first-order valence-electron chi connectivity index (χ1n) is 8.81. The van der Waals surface area contributed by atoms with Gasteiger partial charge in [-0.1, -0.05) is 18.6 Å². The summed E-state index contributed by atoms with van der Waals surface area (Å²) >= 11 is 0. The number of carbonyl (C=O) groups is 1. The molecule has 0 bridgehead atoms. The van der Waals surface area contributed by atoms with E-state index in [0.29, 0.717) is 11.7 Å². The molecule has 0 spiro atoms. The highest BCUT2D eigenvalue weighted by molar-refractivity contribution is 6.03. The Morgan fingerprint density at radius 1 is 1.17 bits per heavy atom. The van der Waals surface area contributed by atoms with Crippen molar-refractivity contribution in [3.8, 4) is 0 Å². The van der Waals surface area contributed by atoms with E-state index < -0.39 is 0 Å². The van der Waals surface area contributed by atoms with E-state index >= 15 is 0 Å². The minimum absolute atomic E-state index is 0.0667. The normalized spacial score (nSPS) is 18.5. The first-order valence-corrected chi connectivity index (χ1v) is 8.81. The number of hydrogen-bond donors (Lipinski definition) is 1. The summed E-state index contributed by atoms with van der Waals surface area (Å²) < 4.78 is 1.90. The molecule has 1 saturated heterocycles.